The zero-order valence-corrected chi connectivity index (χ0v) is 12.3. The molecule has 0 amide bonds. The van der Waals surface area contributed by atoms with Crippen LogP contribution in [0.15, 0.2) is 0 Å². The predicted molar refractivity (Wildman–Crippen MR) is 73.4 cm³/mol. The van der Waals surface area contributed by atoms with Crippen molar-refractivity contribution in [3.8, 4) is 0 Å². The van der Waals surface area contributed by atoms with Crippen molar-refractivity contribution in [3.63, 3.8) is 0 Å². The second-order valence-electron chi connectivity index (χ2n) is 6.20. The van der Waals surface area contributed by atoms with Gasteiger partial charge in [-0.1, -0.05) is 13.3 Å². The fraction of sp³-hybridized carbons (Fsp3) is 1.00. The molecule has 2 unspecified atom stereocenters. The van der Waals surface area contributed by atoms with Gasteiger partial charge in [0.05, 0.1) is 12.2 Å². The highest BCUT2D eigenvalue weighted by atomic mass is 16.5. The van der Waals surface area contributed by atoms with E-state index in [4.69, 9.17) is 4.74 Å². The van der Waals surface area contributed by atoms with E-state index in [2.05, 4.69) is 44.8 Å². The lowest BCUT2D eigenvalue weighted by atomic mass is 10.1. The number of nitrogens with one attached hydrogen (secondary N) is 1. The van der Waals surface area contributed by atoms with Crippen LogP contribution in [0, 0.1) is 0 Å². The Labute approximate surface area is 107 Å². The maximum atomic E-state index is 5.81. The Morgan fingerprint density at radius 1 is 1.35 bits per heavy atom. The molecule has 0 aromatic carbocycles. The standard InChI is InChI=1S/C14H30N2O/c1-6-7-13-11-16(12(2)10-15-13)8-9-17-14(3,4)5/h12-13,15H,6-11H2,1-5H3. The first-order valence-electron chi connectivity index (χ1n) is 7.03. The van der Waals surface area contributed by atoms with E-state index in [0.717, 1.165) is 19.7 Å². The fourth-order valence-electron chi connectivity index (χ4n) is 2.32. The lowest BCUT2D eigenvalue weighted by molar-refractivity contribution is -0.0211. The number of nitrogens with zero attached hydrogens (tertiary/aromatic N) is 1. The van der Waals surface area contributed by atoms with Gasteiger partial charge in [0.2, 0.25) is 0 Å². The molecule has 0 aromatic rings. The lowest BCUT2D eigenvalue weighted by Crippen LogP contribution is -2.56. The maximum Gasteiger partial charge on any atom is 0.0600 e. The van der Waals surface area contributed by atoms with Gasteiger partial charge in [0, 0.05) is 31.7 Å². The van der Waals surface area contributed by atoms with E-state index in [1.54, 1.807) is 0 Å². The molecule has 0 bridgehead atoms. The minimum absolute atomic E-state index is 0.0138. The molecular weight excluding hydrogens is 212 g/mol. The maximum absolute atomic E-state index is 5.81. The first-order chi connectivity index (χ1) is 7.92. The Morgan fingerprint density at radius 2 is 2.06 bits per heavy atom. The van der Waals surface area contributed by atoms with Crippen molar-refractivity contribution in [2.75, 3.05) is 26.2 Å². The topological polar surface area (TPSA) is 24.5 Å². The summed E-state index contributed by atoms with van der Waals surface area (Å²) < 4.78 is 5.81. The van der Waals surface area contributed by atoms with Crippen LogP contribution in [0.3, 0.4) is 0 Å². The first-order valence-corrected chi connectivity index (χ1v) is 7.03. The molecule has 1 rings (SSSR count). The van der Waals surface area contributed by atoms with Crippen LogP contribution >= 0.6 is 0 Å². The average molecular weight is 242 g/mol. The molecule has 2 atom stereocenters. The van der Waals surface area contributed by atoms with E-state index in [1.807, 2.05) is 0 Å². The van der Waals surface area contributed by atoms with E-state index in [-0.39, 0.29) is 5.60 Å². The van der Waals surface area contributed by atoms with Crippen molar-refractivity contribution in [3.05, 3.63) is 0 Å². The van der Waals surface area contributed by atoms with Crippen LogP contribution in [0.2, 0.25) is 0 Å². The molecule has 0 radical (unpaired) electrons. The second-order valence-corrected chi connectivity index (χ2v) is 6.20. The van der Waals surface area contributed by atoms with Gasteiger partial charge in [-0.3, -0.25) is 4.90 Å². The predicted octanol–water partition coefficient (Wildman–Crippen LogP) is 2.26. The average Bonchev–Trinajstić information content (AvgIpc) is 2.21. The normalized spacial score (nSPS) is 27.4. The van der Waals surface area contributed by atoms with Gasteiger partial charge in [-0.2, -0.15) is 0 Å². The van der Waals surface area contributed by atoms with Crippen molar-refractivity contribution < 1.29 is 4.74 Å². The summed E-state index contributed by atoms with van der Waals surface area (Å²) in [6.45, 7) is 15.1. The third-order valence-corrected chi connectivity index (χ3v) is 3.33. The molecule has 0 saturated carbocycles. The minimum atomic E-state index is -0.0138. The van der Waals surface area contributed by atoms with Crippen molar-refractivity contribution in [1.29, 1.82) is 0 Å². The van der Waals surface area contributed by atoms with Crippen LogP contribution in [0.1, 0.15) is 47.5 Å². The third kappa shape index (κ3) is 5.84. The summed E-state index contributed by atoms with van der Waals surface area (Å²) in [5.41, 5.74) is -0.0138. The van der Waals surface area contributed by atoms with Crippen LogP contribution in [-0.4, -0.2) is 48.8 Å². The zero-order chi connectivity index (χ0) is 12.9. The SMILES string of the molecule is CCCC1CN(CCOC(C)(C)C)C(C)CN1. The molecule has 102 valence electrons. The third-order valence-electron chi connectivity index (χ3n) is 3.33. The van der Waals surface area contributed by atoms with Gasteiger partial charge in [-0.05, 0) is 34.1 Å². The van der Waals surface area contributed by atoms with Crippen molar-refractivity contribution in [1.82, 2.24) is 10.2 Å². The summed E-state index contributed by atoms with van der Waals surface area (Å²) in [6.07, 6.45) is 2.54. The van der Waals surface area contributed by atoms with Crippen molar-refractivity contribution >= 4 is 0 Å². The molecule has 1 saturated heterocycles. The minimum Gasteiger partial charge on any atom is -0.375 e. The van der Waals surface area contributed by atoms with Crippen LogP contribution in [0.5, 0.6) is 0 Å². The Hall–Kier alpha value is -0.120. The molecule has 1 aliphatic heterocycles. The van der Waals surface area contributed by atoms with Gasteiger partial charge >= 0.3 is 0 Å². The highest BCUT2D eigenvalue weighted by Crippen LogP contribution is 2.11. The molecule has 17 heavy (non-hydrogen) atoms. The van der Waals surface area contributed by atoms with Crippen LogP contribution < -0.4 is 5.32 Å². The quantitative estimate of drug-likeness (QED) is 0.800. The molecular formula is C14H30N2O. The fourth-order valence-corrected chi connectivity index (χ4v) is 2.32. The summed E-state index contributed by atoms with van der Waals surface area (Å²) in [5, 5.41) is 3.62. The zero-order valence-electron chi connectivity index (χ0n) is 12.3. The molecule has 3 nitrogen and oxygen atoms in total. The largest absolute Gasteiger partial charge is 0.375 e. The molecule has 1 aliphatic rings. The molecule has 1 N–H and O–H groups in total. The van der Waals surface area contributed by atoms with Gasteiger partial charge in [0.25, 0.3) is 0 Å². The molecule has 1 heterocycles. The summed E-state index contributed by atoms with van der Waals surface area (Å²) in [5.74, 6) is 0. The van der Waals surface area contributed by atoms with E-state index >= 15 is 0 Å². The van der Waals surface area contributed by atoms with Gasteiger partial charge < -0.3 is 10.1 Å². The number of rotatable bonds is 5. The van der Waals surface area contributed by atoms with Crippen LogP contribution in [0.25, 0.3) is 0 Å². The molecule has 0 aliphatic carbocycles. The molecule has 0 aromatic heterocycles. The Balaban J connectivity index is 2.29. The van der Waals surface area contributed by atoms with Crippen LogP contribution in [0.4, 0.5) is 0 Å². The van der Waals surface area contributed by atoms with Gasteiger partial charge in [0.15, 0.2) is 0 Å². The number of hydrogen-bond acceptors (Lipinski definition) is 3. The van der Waals surface area contributed by atoms with E-state index in [9.17, 15) is 0 Å². The summed E-state index contributed by atoms with van der Waals surface area (Å²) >= 11 is 0. The highest BCUT2D eigenvalue weighted by Gasteiger charge is 2.24. The van der Waals surface area contributed by atoms with E-state index in [0.29, 0.717) is 12.1 Å². The number of piperazine rings is 1. The second kappa shape index (κ2) is 6.72. The summed E-state index contributed by atoms with van der Waals surface area (Å²) in [7, 11) is 0. The monoisotopic (exact) mass is 242 g/mol. The van der Waals surface area contributed by atoms with Crippen LogP contribution in [-0.2, 0) is 4.74 Å². The number of hydrogen-bond donors (Lipinski definition) is 1. The molecule has 0 spiro atoms. The number of ether oxygens (including phenoxy) is 1. The smallest absolute Gasteiger partial charge is 0.0600 e. The van der Waals surface area contributed by atoms with Gasteiger partial charge in [-0.15, -0.1) is 0 Å². The van der Waals surface area contributed by atoms with E-state index < -0.39 is 0 Å². The van der Waals surface area contributed by atoms with Gasteiger partial charge in [-0.25, -0.2) is 0 Å². The molecule has 1 fully saturated rings. The Bertz CT molecular complexity index is 213. The lowest BCUT2D eigenvalue weighted by Gasteiger charge is -2.39. The van der Waals surface area contributed by atoms with E-state index in [1.165, 1.54) is 19.4 Å². The summed E-state index contributed by atoms with van der Waals surface area (Å²) in [6, 6.07) is 1.30. The molecule has 3 heteroatoms. The highest BCUT2D eigenvalue weighted by molar-refractivity contribution is 4.83. The Morgan fingerprint density at radius 3 is 2.65 bits per heavy atom. The van der Waals surface area contributed by atoms with Crippen molar-refractivity contribution in [2.24, 2.45) is 0 Å². The Kier molecular flexibility index (Phi) is 5.90. The van der Waals surface area contributed by atoms with Gasteiger partial charge in [0.1, 0.15) is 0 Å². The first kappa shape index (κ1) is 14.9. The summed E-state index contributed by atoms with van der Waals surface area (Å²) in [4.78, 5) is 2.56. The van der Waals surface area contributed by atoms with Crippen molar-refractivity contribution in [2.45, 2.75) is 65.1 Å².